The molecule has 0 atom stereocenters. The Hall–Kier alpha value is -3.56. The van der Waals surface area contributed by atoms with Crippen molar-refractivity contribution in [3.63, 3.8) is 0 Å². The summed E-state index contributed by atoms with van der Waals surface area (Å²) in [6.45, 7) is 2.78. The van der Waals surface area contributed by atoms with Crippen molar-refractivity contribution in [2.24, 2.45) is 0 Å². The summed E-state index contributed by atoms with van der Waals surface area (Å²) in [4.78, 5) is 48.6. The number of rotatable bonds is 6. The van der Waals surface area contributed by atoms with Crippen LogP contribution < -0.4 is 4.74 Å². The van der Waals surface area contributed by atoms with Crippen LogP contribution in [0.4, 0.5) is 10.1 Å². The monoisotopic (exact) mass is 378 g/mol. The van der Waals surface area contributed by atoms with Crippen LogP contribution in [0.25, 0.3) is 0 Å². The van der Waals surface area contributed by atoms with Gasteiger partial charge in [-0.25, -0.2) is 9.18 Å². The molecule has 1 heterocycles. The lowest BCUT2D eigenvalue weighted by atomic mass is 10.1. The first-order valence-corrected chi connectivity index (χ1v) is 7.61. The number of nitro benzene ring substituents is 1. The van der Waals surface area contributed by atoms with Gasteiger partial charge < -0.3 is 14.5 Å². The number of esters is 2. The molecule has 1 aromatic heterocycles. The average Bonchev–Trinajstić information content (AvgIpc) is 2.90. The molecule has 1 aromatic carbocycles. The number of aromatic nitrogens is 1. The van der Waals surface area contributed by atoms with E-state index in [0.717, 1.165) is 19.2 Å². The first-order valence-electron chi connectivity index (χ1n) is 7.61. The quantitative estimate of drug-likeness (QED) is 0.269. The highest BCUT2D eigenvalue weighted by Crippen LogP contribution is 2.28. The zero-order valence-corrected chi connectivity index (χ0v) is 14.6. The number of methoxy groups -OCH3 is 1. The van der Waals surface area contributed by atoms with Gasteiger partial charge in [-0.05, 0) is 18.6 Å². The summed E-state index contributed by atoms with van der Waals surface area (Å²) < 4.78 is 22.9. The number of nitrogens with zero attached hydrogens (tertiary/aromatic N) is 1. The molecule has 27 heavy (non-hydrogen) atoms. The molecular weight excluding hydrogens is 363 g/mol. The van der Waals surface area contributed by atoms with Gasteiger partial charge >= 0.3 is 17.6 Å². The Morgan fingerprint density at radius 2 is 1.96 bits per heavy atom. The molecule has 1 N–H and O–H groups in total. The number of benzene rings is 1. The van der Waals surface area contributed by atoms with Gasteiger partial charge in [-0.1, -0.05) is 0 Å². The Labute approximate surface area is 152 Å². The molecule has 0 amide bonds. The van der Waals surface area contributed by atoms with Gasteiger partial charge in [0.2, 0.25) is 5.75 Å². The Morgan fingerprint density at radius 1 is 1.30 bits per heavy atom. The van der Waals surface area contributed by atoms with Crippen LogP contribution in [-0.4, -0.2) is 34.7 Å². The molecule has 2 aromatic rings. The van der Waals surface area contributed by atoms with Crippen LogP contribution in [0.2, 0.25) is 0 Å². The maximum absolute atomic E-state index is 13.3. The second-order valence-corrected chi connectivity index (χ2v) is 5.55. The number of carbonyl (C=O) groups is 3. The Morgan fingerprint density at radius 3 is 2.52 bits per heavy atom. The van der Waals surface area contributed by atoms with E-state index in [1.165, 1.54) is 13.8 Å². The first kappa shape index (κ1) is 19.8. The lowest BCUT2D eigenvalue weighted by Crippen LogP contribution is -2.15. The maximum Gasteiger partial charge on any atom is 0.339 e. The third-order valence-corrected chi connectivity index (χ3v) is 3.73. The minimum atomic E-state index is -0.995. The van der Waals surface area contributed by atoms with E-state index in [1.54, 1.807) is 0 Å². The number of halogens is 1. The summed E-state index contributed by atoms with van der Waals surface area (Å²) in [5, 5.41) is 11.0. The fraction of sp³-hybridized carbons (Fsp3) is 0.235. The standard InChI is InChI=1S/C17H15FN2O7/c1-8-15(17(23)26-3)11(19-16(8)9(2)21)7-14(22)27-13-6-10(18)4-5-12(13)20(24)25/h4-6,19H,7H2,1-3H3. The molecule has 9 nitrogen and oxygen atoms in total. The number of ether oxygens (including phenoxy) is 2. The number of aromatic amines is 1. The van der Waals surface area contributed by atoms with Crippen molar-refractivity contribution in [2.45, 2.75) is 20.3 Å². The fourth-order valence-corrected chi connectivity index (χ4v) is 2.55. The number of carbonyl (C=O) groups excluding carboxylic acids is 3. The molecule has 142 valence electrons. The summed E-state index contributed by atoms with van der Waals surface area (Å²) in [5.74, 6) is -3.52. The van der Waals surface area contributed by atoms with Gasteiger partial charge in [-0.15, -0.1) is 0 Å². The molecule has 0 saturated heterocycles. The van der Waals surface area contributed by atoms with Gasteiger partial charge in [0.15, 0.2) is 5.78 Å². The predicted molar refractivity (Wildman–Crippen MR) is 89.3 cm³/mol. The minimum absolute atomic E-state index is 0.00612. The van der Waals surface area contributed by atoms with Gasteiger partial charge in [0.25, 0.3) is 0 Å². The first-order chi connectivity index (χ1) is 12.6. The van der Waals surface area contributed by atoms with E-state index in [2.05, 4.69) is 9.72 Å². The number of H-pyrrole nitrogens is 1. The molecule has 0 aliphatic carbocycles. The van der Waals surface area contributed by atoms with Crippen molar-refractivity contribution in [1.82, 2.24) is 4.98 Å². The highest BCUT2D eigenvalue weighted by atomic mass is 19.1. The SMILES string of the molecule is COC(=O)c1c(CC(=O)Oc2cc(F)ccc2[N+](=O)[O-])[nH]c(C(C)=O)c1C. The van der Waals surface area contributed by atoms with Crippen LogP contribution in [0.5, 0.6) is 5.75 Å². The maximum atomic E-state index is 13.3. The average molecular weight is 378 g/mol. The van der Waals surface area contributed by atoms with Gasteiger partial charge in [-0.3, -0.25) is 19.7 Å². The Kier molecular flexibility index (Phi) is 5.69. The third kappa shape index (κ3) is 4.17. The van der Waals surface area contributed by atoms with Crippen molar-refractivity contribution in [1.29, 1.82) is 0 Å². The molecule has 0 saturated carbocycles. The van der Waals surface area contributed by atoms with Gasteiger partial charge in [0, 0.05) is 24.8 Å². The third-order valence-electron chi connectivity index (χ3n) is 3.73. The summed E-state index contributed by atoms with van der Waals surface area (Å²) in [7, 11) is 1.14. The summed E-state index contributed by atoms with van der Waals surface area (Å²) in [6, 6.07) is 2.43. The Balaban J connectivity index is 2.35. The smallest absolute Gasteiger partial charge is 0.339 e. The van der Waals surface area contributed by atoms with Crippen molar-refractivity contribution in [3.05, 3.63) is 56.6 Å². The Bertz CT molecular complexity index is 949. The van der Waals surface area contributed by atoms with Crippen LogP contribution >= 0.6 is 0 Å². The highest BCUT2D eigenvalue weighted by molar-refractivity contribution is 6.01. The van der Waals surface area contributed by atoms with Crippen LogP contribution in [0.1, 0.15) is 39.0 Å². The number of ketones is 1. The molecule has 0 aliphatic rings. The molecule has 0 aliphatic heterocycles. The molecule has 0 unspecified atom stereocenters. The van der Waals surface area contributed by atoms with Crippen LogP contribution in [0, 0.1) is 22.9 Å². The molecule has 0 radical (unpaired) electrons. The van der Waals surface area contributed by atoms with Gasteiger partial charge in [0.05, 0.1) is 29.7 Å². The fourth-order valence-electron chi connectivity index (χ4n) is 2.55. The van der Waals surface area contributed by atoms with Crippen molar-refractivity contribution >= 4 is 23.4 Å². The normalized spacial score (nSPS) is 10.4. The highest BCUT2D eigenvalue weighted by Gasteiger charge is 2.26. The zero-order chi connectivity index (χ0) is 20.3. The van der Waals surface area contributed by atoms with Crippen LogP contribution in [-0.2, 0) is 16.0 Å². The van der Waals surface area contributed by atoms with E-state index in [0.29, 0.717) is 11.6 Å². The molecule has 0 bridgehead atoms. The van der Waals surface area contributed by atoms with Crippen LogP contribution in [0.3, 0.4) is 0 Å². The number of nitro groups is 1. The van der Waals surface area contributed by atoms with Gasteiger partial charge in [0.1, 0.15) is 5.82 Å². The van der Waals surface area contributed by atoms with E-state index >= 15 is 0 Å². The summed E-state index contributed by atoms with van der Waals surface area (Å²) >= 11 is 0. The van der Waals surface area contributed by atoms with E-state index in [9.17, 15) is 28.9 Å². The zero-order valence-electron chi connectivity index (χ0n) is 14.6. The number of hydrogen-bond donors (Lipinski definition) is 1. The second kappa shape index (κ2) is 7.77. The largest absolute Gasteiger partial charge is 0.465 e. The number of nitrogens with one attached hydrogen (secondary N) is 1. The minimum Gasteiger partial charge on any atom is -0.465 e. The lowest BCUT2D eigenvalue weighted by molar-refractivity contribution is -0.385. The van der Waals surface area contributed by atoms with Crippen molar-refractivity contribution in [2.75, 3.05) is 7.11 Å². The van der Waals surface area contributed by atoms with E-state index in [-0.39, 0.29) is 22.7 Å². The number of hydrogen-bond acceptors (Lipinski definition) is 7. The molecule has 2 rings (SSSR count). The van der Waals surface area contributed by atoms with Crippen molar-refractivity contribution in [3.8, 4) is 5.75 Å². The molecule has 10 heteroatoms. The number of Topliss-reactive ketones (excluding diaryl/α,β-unsaturated/α-hetero) is 1. The topological polar surface area (TPSA) is 129 Å². The van der Waals surface area contributed by atoms with E-state index in [1.807, 2.05) is 0 Å². The van der Waals surface area contributed by atoms with E-state index < -0.39 is 40.5 Å². The van der Waals surface area contributed by atoms with Crippen molar-refractivity contribution < 1.29 is 33.2 Å². The predicted octanol–water partition coefficient (Wildman–Crippen LogP) is 2.51. The molecular formula is C17H15FN2O7. The van der Waals surface area contributed by atoms with E-state index in [4.69, 9.17) is 4.74 Å². The van der Waals surface area contributed by atoms with Crippen LogP contribution in [0.15, 0.2) is 18.2 Å². The summed E-state index contributed by atoms with van der Waals surface area (Å²) in [5.41, 5.74) is -0.129. The lowest BCUT2D eigenvalue weighted by Gasteiger charge is -2.06. The second-order valence-electron chi connectivity index (χ2n) is 5.55. The molecule has 0 spiro atoms. The van der Waals surface area contributed by atoms with Gasteiger partial charge in [-0.2, -0.15) is 0 Å². The molecule has 0 fully saturated rings. The summed E-state index contributed by atoms with van der Waals surface area (Å²) in [6.07, 6.45) is -0.522.